The molecule has 0 fully saturated rings. The van der Waals surface area contributed by atoms with Crippen molar-refractivity contribution < 1.29 is 19.0 Å². The predicted molar refractivity (Wildman–Crippen MR) is 77.6 cm³/mol. The van der Waals surface area contributed by atoms with Crippen LogP contribution in [0.15, 0.2) is 12.1 Å². The van der Waals surface area contributed by atoms with E-state index in [1.807, 2.05) is 0 Å². The Balaban J connectivity index is 2.76. The molecule has 6 heteroatoms. The number of nitrogens with one attached hydrogen (secondary N) is 1. The number of amides is 1. The summed E-state index contributed by atoms with van der Waals surface area (Å²) in [5.74, 6) is 1.09. The summed E-state index contributed by atoms with van der Waals surface area (Å²) >= 11 is 6.13. The van der Waals surface area contributed by atoms with Crippen molar-refractivity contribution in [2.75, 3.05) is 14.2 Å². The van der Waals surface area contributed by atoms with Crippen LogP contribution in [0.25, 0.3) is 0 Å². The molecule has 1 amide bonds. The second kappa shape index (κ2) is 6.70. The van der Waals surface area contributed by atoms with Crippen LogP contribution in [0.2, 0.25) is 5.02 Å². The molecule has 0 bridgehead atoms. The van der Waals surface area contributed by atoms with Crippen LogP contribution in [0.4, 0.5) is 4.79 Å². The minimum absolute atomic E-state index is 0.244. The van der Waals surface area contributed by atoms with E-state index in [2.05, 4.69) is 5.32 Å². The van der Waals surface area contributed by atoms with Crippen LogP contribution < -0.4 is 14.8 Å². The van der Waals surface area contributed by atoms with Crippen molar-refractivity contribution in [1.82, 2.24) is 5.32 Å². The van der Waals surface area contributed by atoms with Crippen LogP contribution >= 0.6 is 11.6 Å². The SMILES string of the molecule is COc1cc(Cl)c(CNC(=O)OC(C)(C)C)cc1OC. The molecule has 0 saturated heterocycles. The van der Waals surface area contributed by atoms with Gasteiger partial charge in [-0.1, -0.05) is 11.6 Å². The Bertz CT molecular complexity index is 483. The van der Waals surface area contributed by atoms with Crippen molar-refractivity contribution in [3.8, 4) is 11.5 Å². The summed E-state index contributed by atoms with van der Waals surface area (Å²) < 4.78 is 15.5. The monoisotopic (exact) mass is 301 g/mol. The van der Waals surface area contributed by atoms with Gasteiger partial charge in [-0.15, -0.1) is 0 Å². The van der Waals surface area contributed by atoms with E-state index in [4.69, 9.17) is 25.8 Å². The number of rotatable bonds is 4. The maximum atomic E-state index is 11.6. The second-order valence-corrected chi connectivity index (χ2v) is 5.56. The number of halogens is 1. The molecule has 0 aromatic heterocycles. The highest BCUT2D eigenvalue weighted by atomic mass is 35.5. The maximum absolute atomic E-state index is 11.6. The topological polar surface area (TPSA) is 56.8 Å². The van der Waals surface area contributed by atoms with Crippen LogP contribution in [0.5, 0.6) is 11.5 Å². The summed E-state index contributed by atoms with van der Waals surface area (Å²) in [4.78, 5) is 11.6. The zero-order valence-electron chi connectivity index (χ0n) is 12.4. The van der Waals surface area contributed by atoms with Crippen molar-refractivity contribution in [2.24, 2.45) is 0 Å². The Morgan fingerprint density at radius 3 is 2.25 bits per heavy atom. The highest BCUT2D eigenvalue weighted by Crippen LogP contribution is 2.32. The minimum Gasteiger partial charge on any atom is -0.493 e. The summed E-state index contributed by atoms with van der Waals surface area (Å²) in [7, 11) is 3.07. The lowest BCUT2D eigenvalue weighted by molar-refractivity contribution is 0.0523. The Morgan fingerprint density at radius 1 is 1.20 bits per heavy atom. The molecule has 112 valence electrons. The van der Waals surface area contributed by atoms with Gasteiger partial charge in [-0.05, 0) is 32.4 Å². The number of methoxy groups -OCH3 is 2. The molecule has 20 heavy (non-hydrogen) atoms. The van der Waals surface area contributed by atoms with Crippen LogP contribution in [0.3, 0.4) is 0 Å². The predicted octanol–water partition coefficient (Wildman–Crippen LogP) is 3.38. The molecule has 0 aliphatic carbocycles. The van der Waals surface area contributed by atoms with Crippen LogP contribution in [0, 0.1) is 0 Å². The first-order valence-corrected chi connectivity index (χ1v) is 6.52. The zero-order valence-corrected chi connectivity index (χ0v) is 13.1. The van der Waals surface area contributed by atoms with E-state index in [-0.39, 0.29) is 6.54 Å². The average molecular weight is 302 g/mol. The number of benzene rings is 1. The van der Waals surface area contributed by atoms with E-state index in [1.54, 1.807) is 32.9 Å². The van der Waals surface area contributed by atoms with Gasteiger partial charge in [-0.2, -0.15) is 0 Å². The van der Waals surface area contributed by atoms with Crippen LogP contribution in [-0.4, -0.2) is 25.9 Å². The van der Waals surface area contributed by atoms with Crippen molar-refractivity contribution >= 4 is 17.7 Å². The Labute approximate surface area is 124 Å². The Morgan fingerprint density at radius 2 is 1.75 bits per heavy atom. The third-order valence-corrected chi connectivity index (χ3v) is 2.73. The lowest BCUT2D eigenvalue weighted by Crippen LogP contribution is -2.32. The average Bonchev–Trinajstić information content (AvgIpc) is 2.34. The number of carbonyl (C=O) groups excluding carboxylic acids is 1. The molecular weight excluding hydrogens is 282 g/mol. The number of hydrogen-bond donors (Lipinski definition) is 1. The normalized spacial score (nSPS) is 10.9. The summed E-state index contributed by atoms with van der Waals surface area (Å²) in [6.45, 7) is 5.65. The Hall–Kier alpha value is -1.62. The molecule has 0 aliphatic rings. The van der Waals surface area contributed by atoms with Gasteiger partial charge < -0.3 is 19.5 Å². The lowest BCUT2D eigenvalue weighted by Gasteiger charge is -2.20. The van der Waals surface area contributed by atoms with Crippen molar-refractivity contribution in [3.63, 3.8) is 0 Å². The second-order valence-electron chi connectivity index (χ2n) is 5.15. The number of alkyl carbamates (subject to hydrolysis) is 1. The fourth-order valence-corrected chi connectivity index (χ4v) is 1.73. The smallest absolute Gasteiger partial charge is 0.407 e. The quantitative estimate of drug-likeness (QED) is 0.926. The van der Waals surface area contributed by atoms with Gasteiger partial charge in [-0.3, -0.25) is 0 Å². The fraction of sp³-hybridized carbons (Fsp3) is 0.500. The van der Waals surface area contributed by atoms with Crippen molar-refractivity contribution in [1.29, 1.82) is 0 Å². The molecule has 1 N–H and O–H groups in total. The van der Waals surface area contributed by atoms with Gasteiger partial charge in [-0.25, -0.2) is 4.79 Å². The lowest BCUT2D eigenvalue weighted by atomic mass is 10.2. The highest BCUT2D eigenvalue weighted by molar-refractivity contribution is 6.31. The van der Waals surface area contributed by atoms with Gasteiger partial charge in [0.1, 0.15) is 5.60 Å². The first-order chi connectivity index (χ1) is 9.26. The number of ether oxygens (including phenoxy) is 3. The molecule has 0 heterocycles. The summed E-state index contributed by atoms with van der Waals surface area (Å²) in [6, 6.07) is 3.37. The van der Waals surface area contributed by atoms with Gasteiger partial charge in [0.25, 0.3) is 0 Å². The highest BCUT2D eigenvalue weighted by Gasteiger charge is 2.16. The first kappa shape index (κ1) is 16.4. The van der Waals surface area contributed by atoms with Gasteiger partial charge in [0.05, 0.1) is 14.2 Å². The largest absolute Gasteiger partial charge is 0.493 e. The standard InChI is InChI=1S/C14H20ClNO4/c1-14(2,3)20-13(17)16-8-9-6-11(18-4)12(19-5)7-10(9)15/h6-7H,8H2,1-5H3,(H,16,17). The molecule has 0 atom stereocenters. The number of hydrogen-bond acceptors (Lipinski definition) is 4. The molecule has 0 unspecified atom stereocenters. The van der Waals surface area contributed by atoms with Crippen molar-refractivity contribution in [2.45, 2.75) is 32.9 Å². The number of carbonyl (C=O) groups is 1. The van der Waals surface area contributed by atoms with E-state index in [0.29, 0.717) is 16.5 Å². The summed E-state index contributed by atoms with van der Waals surface area (Å²) in [5, 5.41) is 3.13. The van der Waals surface area contributed by atoms with Crippen molar-refractivity contribution in [3.05, 3.63) is 22.7 Å². The van der Waals surface area contributed by atoms with Crippen LogP contribution in [-0.2, 0) is 11.3 Å². The molecule has 0 saturated carbocycles. The van der Waals surface area contributed by atoms with Gasteiger partial charge in [0, 0.05) is 17.6 Å². The molecule has 1 rings (SSSR count). The van der Waals surface area contributed by atoms with E-state index in [0.717, 1.165) is 5.56 Å². The molecule has 5 nitrogen and oxygen atoms in total. The van der Waals surface area contributed by atoms with E-state index in [1.165, 1.54) is 14.2 Å². The molecule has 1 aromatic rings. The molecule has 0 spiro atoms. The summed E-state index contributed by atoms with van der Waals surface area (Å²) in [5.41, 5.74) is 0.182. The molecular formula is C14H20ClNO4. The molecule has 0 aliphatic heterocycles. The summed E-state index contributed by atoms with van der Waals surface area (Å²) in [6.07, 6.45) is -0.497. The minimum atomic E-state index is -0.536. The molecule has 1 aromatic carbocycles. The fourth-order valence-electron chi connectivity index (χ4n) is 1.51. The van der Waals surface area contributed by atoms with Gasteiger partial charge in [0.15, 0.2) is 11.5 Å². The van der Waals surface area contributed by atoms with Gasteiger partial charge in [0.2, 0.25) is 0 Å². The maximum Gasteiger partial charge on any atom is 0.407 e. The van der Waals surface area contributed by atoms with Crippen LogP contribution in [0.1, 0.15) is 26.3 Å². The Kier molecular flexibility index (Phi) is 5.51. The van der Waals surface area contributed by atoms with Gasteiger partial charge >= 0.3 is 6.09 Å². The third kappa shape index (κ3) is 4.81. The third-order valence-electron chi connectivity index (χ3n) is 2.37. The first-order valence-electron chi connectivity index (χ1n) is 6.14. The van der Waals surface area contributed by atoms with E-state index in [9.17, 15) is 4.79 Å². The molecule has 0 radical (unpaired) electrons. The van der Waals surface area contributed by atoms with E-state index < -0.39 is 11.7 Å². The zero-order chi connectivity index (χ0) is 15.3. The van der Waals surface area contributed by atoms with E-state index >= 15 is 0 Å².